The zero-order chi connectivity index (χ0) is 18.9. The van der Waals surface area contributed by atoms with Crippen molar-refractivity contribution >= 4 is 28.4 Å². The predicted molar refractivity (Wildman–Crippen MR) is 73.2 cm³/mol. The Balaban J connectivity index is 4.30. The van der Waals surface area contributed by atoms with Gasteiger partial charge in [0.1, 0.15) is 0 Å². The third kappa shape index (κ3) is 2.69. The van der Waals surface area contributed by atoms with Gasteiger partial charge < -0.3 is 0 Å². The fourth-order valence-corrected chi connectivity index (χ4v) is 2.02. The van der Waals surface area contributed by atoms with Crippen molar-refractivity contribution in [3.63, 3.8) is 0 Å². The molecule has 0 radical (unpaired) electrons. The Bertz CT molecular complexity index is 803. The van der Waals surface area contributed by atoms with E-state index in [-0.39, 0.29) is 5.01 Å². The molecule has 0 amide bonds. The Morgan fingerprint density at radius 2 is 1.00 bits per heavy atom. The van der Waals surface area contributed by atoms with Gasteiger partial charge in [0.15, 0.2) is 10.7 Å². The largest absolute Gasteiger partial charge is 0.432 e. The lowest BCUT2D eigenvalue weighted by molar-refractivity contribution is -0.492. The van der Waals surface area contributed by atoms with E-state index < -0.39 is 58.7 Å². The van der Waals surface area contributed by atoms with Crippen molar-refractivity contribution in [1.29, 1.82) is 0 Å². The normalized spacial score (nSPS) is 10.1. The number of benzene rings is 1. The monoisotopic (exact) mass is 346 g/mol. The summed E-state index contributed by atoms with van der Waals surface area (Å²) in [5.74, 6) is 0. The number of rotatable bonds is 6. The highest BCUT2D eigenvalue weighted by molar-refractivity contribution is 5.88. The van der Waals surface area contributed by atoms with Crippen molar-refractivity contribution in [1.82, 2.24) is 0 Å². The van der Waals surface area contributed by atoms with E-state index in [0.29, 0.717) is 7.05 Å². The number of hydrogen-bond donors (Lipinski definition) is 0. The molecule has 24 heavy (non-hydrogen) atoms. The molecule has 1 aromatic carbocycles. The average molecular weight is 346 g/mol. The lowest BCUT2D eigenvalue weighted by Gasteiger charge is -2.12. The Kier molecular flexibility index (Phi) is 4.54. The molecular formula is C8H6N6O10. The lowest BCUT2D eigenvalue weighted by Crippen LogP contribution is -2.27. The summed E-state index contributed by atoms with van der Waals surface area (Å²) in [6.45, 7) is 0.775. The third-order valence-corrected chi connectivity index (χ3v) is 2.91. The van der Waals surface area contributed by atoms with Gasteiger partial charge in [0.05, 0.1) is 32.3 Å². The van der Waals surface area contributed by atoms with Crippen molar-refractivity contribution in [2.75, 3.05) is 12.1 Å². The minimum absolute atomic E-state index is 0.0583. The third-order valence-electron chi connectivity index (χ3n) is 2.91. The molecule has 0 aromatic heterocycles. The van der Waals surface area contributed by atoms with Gasteiger partial charge in [-0.2, -0.15) is 0 Å². The molecule has 1 rings (SSSR count). The second-order valence-electron chi connectivity index (χ2n) is 4.16. The zero-order valence-electron chi connectivity index (χ0n) is 11.8. The molecule has 0 aliphatic carbocycles. The van der Waals surface area contributed by atoms with Gasteiger partial charge in [0.25, 0.3) is 0 Å². The van der Waals surface area contributed by atoms with Gasteiger partial charge in [-0.1, -0.05) is 5.01 Å². The molecule has 0 aliphatic heterocycles. The minimum atomic E-state index is -1.81. The van der Waals surface area contributed by atoms with E-state index in [1.807, 2.05) is 0 Å². The van der Waals surface area contributed by atoms with E-state index in [0.717, 1.165) is 6.92 Å². The van der Waals surface area contributed by atoms with Crippen LogP contribution in [0.1, 0.15) is 5.56 Å². The maximum atomic E-state index is 11.1. The first kappa shape index (κ1) is 18.1. The summed E-state index contributed by atoms with van der Waals surface area (Å²) in [6, 6.07) is 0. The van der Waals surface area contributed by atoms with Crippen LogP contribution in [0.25, 0.3) is 0 Å². The molecule has 0 saturated heterocycles. The van der Waals surface area contributed by atoms with E-state index in [1.54, 1.807) is 0 Å². The number of nitrogens with zero attached hydrogens (tertiary/aromatic N) is 6. The van der Waals surface area contributed by atoms with Crippen molar-refractivity contribution in [2.24, 2.45) is 0 Å². The highest BCUT2D eigenvalue weighted by Gasteiger charge is 2.51. The van der Waals surface area contributed by atoms with Crippen LogP contribution in [-0.2, 0) is 0 Å². The number of hydrogen-bond acceptors (Lipinski definition) is 10. The van der Waals surface area contributed by atoms with E-state index in [1.165, 1.54) is 0 Å². The summed E-state index contributed by atoms with van der Waals surface area (Å²) in [5.41, 5.74) is -8.51. The van der Waals surface area contributed by atoms with Gasteiger partial charge in [-0.3, -0.25) is 40.5 Å². The summed E-state index contributed by atoms with van der Waals surface area (Å²) in [7, 11) is 0.647. The van der Waals surface area contributed by atoms with E-state index in [9.17, 15) is 50.6 Å². The van der Waals surface area contributed by atoms with Crippen molar-refractivity contribution in [3.8, 4) is 0 Å². The van der Waals surface area contributed by atoms with Crippen LogP contribution in [0.4, 0.5) is 28.4 Å². The fourth-order valence-electron chi connectivity index (χ4n) is 2.02. The van der Waals surface area contributed by atoms with Gasteiger partial charge >= 0.3 is 22.7 Å². The van der Waals surface area contributed by atoms with Crippen LogP contribution >= 0.6 is 0 Å². The summed E-state index contributed by atoms with van der Waals surface area (Å²) in [5, 5.41) is 53.9. The second-order valence-corrected chi connectivity index (χ2v) is 4.16. The second kappa shape index (κ2) is 6.02. The maximum absolute atomic E-state index is 11.1. The van der Waals surface area contributed by atoms with E-state index in [2.05, 4.69) is 0 Å². The smallest absolute Gasteiger partial charge is 0.258 e. The van der Waals surface area contributed by atoms with Crippen LogP contribution in [0, 0.1) is 57.5 Å². The van der Waals surface area contributed by atoms with E-state index >= 15 is 0 Å². The predicted octanol–water partition coefficient (Wildman–Crippen LogP) is 1.26. The van der Waals surface area contributed by atoms with Crippen LogP contribution in [0.15, 0.2) is 0 Å². The first-order chi connectivity index (χ1) is 10.9. The Morgan fingerprint density at radius 3 is 1.29 bits per heavy atom. The quantitative estimate of drug-likeness (QED) is 0.526. The van der Waals surface area contributed by atoms with Gasteiger partial charge in [-0.25, -0.2) is 10.1 Å². The highest BCUT2D eigenvalue weighted by Crippen LogP contribution is 2.51. The van der Waals surface area contributed by atoms with E-state index in [4.69, 9.17) is 0 Å². The summed E-state index contributed by atoms with van der Waals surface area (Å²) >= 11 is 0. The molecule has 16 heteroatoms. The molecule has 128 valence electrons. The van der Waals surface area contributed by atoms with Crippen LogP contribution in [0.3, 0.4) is 0 Å². The van der Waals surface area contributed by atoms with Crippen molar-refractivity contribution in [2.45, 2.75) is 6.92 Å². The Morgan fingerprint density at radius 1 is 0.667 bits per heavy atom. The number of hydrazine groups is 1. The standard InChI is InChI=1S/C8H6N6O10/c1-3-4(9(2)14(23)24)6(11(17)18)8(13(21)22)7(12(19)20)5(3)10(15)16/h1-2H3. The molecule has 0 spiro atoms. The zero-order valence-corrected chi connectivity index (χ0v) is 11.8. The van der Waals surface area contributed by atoms with Crippen LogP contribution in [-0.4, -0.2) is 31.8 Å². The minimum Gasteiger partial charge on any atom is -0.258 e. The van der Waals surface area contributed by atoms with Crippen LogP contribution < -0.4 is 5.01 Å². The molecule has 16 nitrogen and oxygen atoms in total. The molecule has 0 atom stereocenters. The molecule has 1 aromatic rings. The number of anilines is 1. The van der Waals surface area contributed by atoms with Gasteiger partial charge in [-0.05, 0) is 6.92 Å². The summed E-state index contributed by atoms with van der Waals surface area (Å²) in [6.07, 6.45) is 0. The topological polar surface area (TPSA) is 219 Å². The number of nitro benzene ring substituents is 4. The van der Waals surface area contributed by atoms with Crippen molar-refractivity contribution < 1.29 is 24.7 Å². The molecule has 0 N–H and O–H groups in total. The van der Waals surface area contributed by atoms with Crippen LogP contribution in [0.5, 0.6) is 0 Å². The van der Waals surface area contributed by atoms with Crippen LogP contribution in [0.2, 0.25) is 0 Å². The number of nitro groups is 5. The SMILES string of the molecule is Cc1c(N(C)[N+](=O)[O-])c([N+](=O)[O-])c([N+](=O)[O-])c([N+](=O)[O-])c1[N+](=O)[O-]. The molecule has 0 bridgehead atoms. The van der Waals surface area contributed by atoms with Gasteiger partial charge in [0, 0.05) is 0 Å². The lowest BCUT2D eigenvalue weighted by atomic mass is 10.1. The molecule has 0 fully saturated rings. The summed E-state index contributed by atoms with van der Waals surface area (Å²) < 4.78 is 0. The molecular weight excluding hydrogens is 340 g/mol. The molecule has 0 aliphatic rings. The van der Waals surface area contributed by atoms with Gasteiger partial charge in [-0.15, -0.1) is 0 Å². The molecule has 0 heterocycles. The highest BCUT2D eigenvalue weighted by atomic mass is 16.7. The molecule has 0 unspecified atom stereocenters. The molecule has 0 saturated carbocycles. The first-order valence-electron chi connectivity index (χ1n) is 5.59. The Hall–Kier alpha value is -3.98. The Labute approximate surface area is 129 Å². The average Bonchev–Trinajstić information content (AvgIpc) is 2.43. The fraction of sp³-hybridized carbons (Fsp3) is 0.250. The van der Waals surface area contributed by atoms with Gasteiger partial charge in [0.2, 0.25) is 0 Å². The first-order valence-corrected chi connectivity index (χ1v) is 5.59. The maximum Gasteiger partial charge on any atom is 0.432 e. The summed E-state index contributed by atoms with van der Waals surface area (Å²) in [4.78, 5) is 49.2. The van der Waals surface area contributed by atoms with Crippen molar-refractivity contribution in [3.05, 3.63) is 56.1 Å².